The van der Waals surface area contributed by atoms with Gasteiger partial charge in [0, 0.05) is 45.3 Å². The van der Waals surface area contributed by atoms with Crippen LogP contribution in [0.2, 0.25) is 0 Å². The third-order valence-electron chi connectivity index (χ3n) is 5.81. The summed E-state index contributed by atoms with van der Waals surface area (Å²) < 4.78 is 7.68. The summed E-state index contributed by atoms with van der Waals surface area (Å²) in [5, 5.41) is 9.77. The Bertz CT molecular complexity index is 790. The first kappa shape index (κ1) is 22.2. The molecule has 0 aromatic carbocycles. The fourth-order valence-electron chi connectivity index (χ4n) is 4.01. The first-order valence-corrected chi connectivity index (χ1v) is 12.4. The van der Waals surface area contributed by atoms with Crippen molar-refractivity contribution in [1.29, 1.82) is 0 Å². The van der Waals surface area contributed by atoms with Crippen molar-refractivity contribution in [3.8, 4) is 0 Å². The van der Waals surface area contributed by atoms with E-state index in [-0.39, 0.29) is 12.0 Å². The molecule has 1 aromatic rings. The lowest BCUT2D eigenvalue weighted by molar-refractivity contribution is -0.130. The van der Waals surface area contributed by atoms with Crippen LogP contribution in [0.1, 0.15) is 58.9 Å². The number of piperazine rings is 1. The lowest BCUT2D eigenvalue weighted by Crippen LogP contribution is -2.52. The number of thioether (sulfide) groups is 1. The van der Waals surface area contributed by atoms with Gasteiger partial charge in [-0.2, -0.15) is 0 Å². The highest BCUT2D eigenvalue weighted by molar-refractivity contribution is 7.99. The average molecular weight is 451 g/mol. The quantitative estimate of drug-likeness (QED) is 0.638. The second-order valence-corrected chi connectivity index (χ2v) is 10.5. The van der Waals surface area contributed by atoms with Gasteiger partial charge in [0.05, 0.1) is 5.75 Å². The Morgan fingerprint density at radius 3 is 2.23 bits per heavy atom. The highest BCUT2D eigenvalue weighted by Gasteiger charge is 2.33. The monoisotopic (exact) mass is 450 g/mol. The number of carbonyl (C=O) groups is 2. The van der Waals surface area contributed by atoms with E-state index in [1.165, 1.54) is 31.0 Å². The molecule has 172 valence electrons. The van der Waals surface area contributed by atoms with Crippen LogP contribution < -0.4 is 4.90 Å². The number of ether oxygens (including phenoxy) is 1. The minimum absolute atomic E-state index is 0.0821. The molecule has 1 aromatic heterocycles. The third kappa shape index (κ3) is 5.64. The van der Waals surface area contributed by atoms with E-state index in [4.69, 9.17) is 4.74 Å². The largest absolute Gasteiger partial charge is 0.444 e. The lowest BCUT2D eigenvalue weighted by atomic mass is 10.1. The van der Waals surface area contributed by atoms with Crippen LogP contribution in [0, 0.1) is 0 Å². The van der Waals surface area contributed by atoms with Crippen molar-refractivity contribution < 1.29 is 14.3 Å². The Balaban J connectivity index is 1.30. The van der Waals surface area contributed by atoms with Crippen molar-refractivity contribution >= 4 is 29.7 Å². The summed E-state index contributed by atoms with van der Waals surface area (Å²) in [6.45, 7) is 9.73. The summed E-state index contributed by atoms with van der Waals surface area (Å²) in [6, 6.07) is 0.474. The molecule has 2 amide bonds. The zero-order valence-corrected chi connectivity index (χ0v) is 19.7. The van der Waals surface area contributed by atoms with Gasteiger partial charge in [0.2, 0.25) is 11.9 Å². The van der Waals surface area contributed by atoms with Crippen LogP contribution in [0.3, 0.4) is 0 Å². The van der Waals surface area contributed by atoms with Crippen molar-refractivity contribution in [2.45, 2.75) is 69.7 Å². The van der Waals surface area contributed by atoms with E-state index in [2.05, 4.69) is 19.7 Å². The molecule has 2 saturated heterocycles. The predicted molar refractivity (Wildman–Crippen MR) is 119 cm³/mol. The maximum absolute atomic E-state index is 12.8. The Hall–Kier alpha value is -1.97. The fraction of sp³-hybridized carbons (Fsp3) is 0.810. The number of amides is 2. The molecule has 10 heteroatoms. The third-order valence-corrected chi connectivity index (χ3v) is 6.73. The first-order chi connectivity index (χ1) is 14.8. The van der Waals surface area contributed by atoms with Gasteiger partial charge in [-0.1, -0.05) is 11.8 Å². The second kappa shape index (κ2) is 9.26. The highest BCUT2D eigenvalue weighted by atomic mass is 32.2. The van der Waals surface area contributed by atoms with Gasteiger partial charge < -0.3 is 19.4 Å². The molecule has 1 saturated carbocycles. The molecule has 31 heavy (non-hydrogen) atoms. The summed E-state index contributed by atoms with van der Waals surface area (Å²) in [5.41, 5.74) is -0.509. The van der Waals surface area contributed by atoms with Crippen LogP contribution in [-0.2, 0) is 9.53 Å². The van der Waals surface area contributed by atoms with Crippen molar-refractivity contribution in [2.24, 2.45) is 0 Å². The molecule has 1 aliphatic carbocycles. The molecular weight excluding hydrogens is 416 g/mol. The molecule has 3 heterocycles. The van der Waals surface area contributed by atoms with Crippen LogP contribution in [0.5, 0.6) is 0 Å². The van der Waals surface area contributed by atoms with Crippen molar-refractivity contribution in [3.05, 3.63) is 0 Å². The molecule has 9 nitrogen and oxygen atoms in total. The summed E-state index contributed by atoms with van der Waals surface area (Å²) >= 11 is 1.48. The lowest BCUT2D eigenvalue weighted by Gasteiger charge is -2.35. The minimum atomic E-state index is -0.509. The van der Waals surface area contributed by atoms with Gasteiger partial charge in [-0.25, -0.2) is 4.79 Å². The molecule has 0 spiro atoms. The van der Waals surface area contributed by atoms with Crippen molar-refractivity contribution in [1.82, 2.24) is 24.6 Å². The Labute approximate surface area is 188 Å². The van der Waals surface area contributed by atoms with Crippen LogP contribution in [0.15, 0.2) is 5.16 Å². The SMILES string of the molecule is CC(C)(C)OC(=O)N1CCN(C(=O)CSc2nnc(N3CCCCC3)n2C2CC2)CC1. The van der Waals surface area contributed by atoms with Crippen LogP contribution in [0.25, 0.3) is 0 Å². The number of hydrogen-bond donors (Lipinski definition) is 0. The number of rotatable bonds is 5. The van der Waals surface area contributed by atoms with Gasteiger partial charge in [-0.05, 0) is 52.9 Å². The maximum Gasteiger partial charge on any atom is 0.410 e. The second-order valence-electron chi connectivity index (χ2n) is 9.57. The highest BCUT2D eigenvalue weighted by Crippen LogP contribution is 2.41. The Morgan fingerprint density at radius 1 is 0.968 bits per heavy atom. The number of nitrogens with zero attached hydrogens (tertiary/aromatic N) is 6. The molecule has 0 atom stereocenters. The Kier molecular flexibility index (Phi) is 6.64. The van der Waals surface area contributed by atoms with Crippen LogP contribution >= 0.6 is 11.8 Å². The zero-order valence-electron chi connectivity index (χ0n) is 18.9. The van der Waals surface area contributed by atoms with Crippen LogP contribution in [-0.4, -0.2) is 87.2 Å². The minimum Gasteiger partial charge on any atom is -0.444 e. The van der Waals surface area contributed by atoms with E-state index in [9.17, 15) is 9.59 Å². The maximum atomic E-state index is 12.8. The summed E-state index contributed by atoms with van der Waals surface area (Å²) in [5.74, 6) is 1.40. The number of aromatic nitrogens is 3. The number of piperidine rings is 1. The zero-order chi connectivity index (χ0) is 22.0. The van der Waals surface area contributed by atoms with Gasteiger partial charge >= 0.3 is 6.09 Å². The standard InChI is InChI=1S/C21H34N6O3S/c1-21(2,3)30-20(29)26-13-11-24(12-14-26)17(28)15-31-19-23-22-18(27(19)16-7-8-16)25-9-5-4-6-10-25/h16H,4-15H2,1-3H3. The average Bonchev–Trinajstić information content (AvgIpc) is 3.50. The number of hydrogen-bond acceptors (Lipinski definition) is 7. The van der Waals surface area contributed by atoms with Gasteiger partial charge in [0.1, 0.15) is 5.60 Å². The summed E-state index contributed by atoms with van der Waals surface area (Å²) in [6.07, 6.45) is 5.70. The molecule has 0 N–H and O–H groups in total. The molecule has 3 aliphatic rings. The molecule has 0 unspecified atom stereocenters. The van der Waals surface area contributed by atoms with E-state index >= 15 is 0 Å². The predicted octanol–water partition coefficient (Wildman–Crippen LogP) is 2.77. The van der Waals surface area contributed by atoms with Gasteiger partial charge in [-0.15, -0.1) is 10.2 Å². The molecule has 0 bridgehead atoms. The summed E-state index contributed by atoms with van der Waals surface area (Å²) in [7, 11) is 0. The first-order valence-electron chi connectivity index (χ1n) is 11.4. The molecule has 3 fully saturated rings. The van der Waals surface area contributed by atoms with Crippen molar-refractivity contribution in [2.75, 3.05) is 49.9 Å². The summed E-state index contributed by atoms with van der Waals surface area (Å²) in [4.78, 5) is 30.9. The van der Waals surface area contributed by atoms with E-state index in [0.717, 1.165) is 37.0 Å². The van der Waals surface area contributed by atoms with Gasteiger partial charge in [-0.3, -0.25) is 9.36 Å². The topological polar surface area (TPSA) is 83.8 Å². The van der Waals surface area contributed by atoms with E-state index in [1.54, 1.807) is 4.90 Å². The van der Waals surface area contributed by atoms with Gasteiger partial charge in [0.25, 0.3) is 0 Å². The number of carbonyl (C=O) groups excluding carboxylic acids is 2. The molecular formula is C21H34N6O3S. The molecule has 4 rings (SSSR count). The van der Waals surface area contributed by atoms with E-state index < -0.39 is 5.60 Å². The normalized spacial score (nSPS) is 20.2. The van der Waals surface area contributed by atoms with E-state index in [0.29, 0.717) is 38.0 Å². The fourth-order valence-corrected chi connectivity index (χ4v) is 4.92. The Morgan fingerprint density at radius 2 is 1.61 bits per heavy atom. The molecule has 0 radical (unpaired) electrons. The van der Waals surface area contributed by atoms with Crippen LogP contribution in [0.4, 0.5) is 10.7 Å². The van der Waals surface area contributed by atoms with E-state index in [1.807, 2.05) is 25.7 Å². The smallest absolute Gasteiger partial charge is 0.410 e. The number of anilines is 1. The van der Waals surface area contributed by atoms with Gasteiger partial charge in [0.15, 0.2) is 5.16 Å². The van der Waals surface area contributed by atoms with Crippen molar-refractivity contribution in [3.63, 3.8) is 0 Å². The molecule has 2 aliphatic heterocycles.